The van der Waals surface area contributed by atoms with Crippen LogP contribution in [0.3, 0.4) is 0 Å². The van der Waals surface area contributed by atoms with Gasteiger partial charge in [-0.3, -0.25) is 4.79 Å². The number of nitrogens with one attached hydrogen (secondary N) is 1. The topological polar surface area (TPSA) is 67.6 Å². The first-order valence-electron chi connectivity index (χ1n) is 6.17. The van der Waals surface area contributed by atoms with E-state index in [-0.39, 0.29) is 21.6 Å². The minimum Gasteiger partial charge on any atom is -0.397 e. The summed E-state index contributed by atoms with van der Waals surface area (Å²) >= 11 is 11.7. The van der Waals surface area contributed by atoms with Crippen LogP contribution in [0.15, 0.2) is 12.1 Å². The lowest BCUT2D eigenvalue weighted by atomic mass is 10.2. The van der Waals surface area contributed by atoms with Gasteiger partial charge in [0.05, 0.1) is 28.9 Å². The predicted octanol–water partition coefficient (Wildman–Crippen LogP) is 1.88. The second-order valence-corrected chi connectivity index (χ2v) is 5.32. The van der Waals surface area contributed by atoms with Crippen LogP contribution in [0.1, 0.15) is 10.4 Å². The fourth-order valence-electron chi connectivity index (χ4n) is 1.43. The van der Waals surface area contributed by atoms with Crippen LogP contribution in [-0.4, -0.2) is 51.2 Å². The second-order valence-electron chi connectivity index (χ2n) is 4.53. The number of hydrogen-bond acceptors (Lipinski definition) is 4. The third kappa shape index (κ3) is 5.54. The summed E-state index contributed by atoms with van der Waals surface area (Å²) in [6.45, 7) is 2.35. The number of likely N-dealkylation sites (N-methyl/N-ethyl adjacent to an activating group) is 1. The van der Waals surface area contributed by atoms with Crippen LogP contribution in [0, 0.1) is 0 Å². The van der Waals surface area contributed by atoms with Crippen molar-refractivity contribution in [3.05, 3.63) is 27.7 Å². The van der Waals surface area contributed by atoms with Gasteiger partial charge in [-0.15, -0.1) is 0 Å². The Morgan fingerprint density at radius 3 is 2.65 bits per heavy atom. The van der Waals surface area contributed by atoms with Crippen molar-refractivity contribution in [3.63, 3.8) is 0 Å². The Morgan fingerprint density at radius 2 is 2.05 bits per heavy atom. The Morgan fingerprint density at radius 1 is 1.35 bits per heavy atom. The van der Waals surface area contributed by atoms with Crippen molar-refractivity contribution in [1.82, 2.24) is 10.2 Å². The molecule has 0 aliphatic rings. The molecular weight excluding hydrogens is 301 g/mol. The van der Waals surface area contributed by atoms with Crippen molar-refractivity contribution in [2.24, 2.45) is 0 Å². The first kappa shape index (κ1) is 17.0. The maximum absolute atomic E-state index is 11.9. The molecule has 0 aliphatic heterocycles. The molecule has 112 valence electrons. The lowest BCUT2D eigenvalue weighted by Crippen LogP contribution is -2.28. The molecule has 5 nitrogen and oxygen atoms in total. The largest absolute Gasteiger partial charge is 0.397 e. The SMILES string of the molecule is CN(C)CCOCCNC(=O)c1cc(N)c(Cl)c(Cl)c1. The summed E-state index contributed by atoms with van der Waals surface area (Å²) in [4.78, 5) is 13.9. The molecule has 1 aromatic rings. The van der Waals surface area contributed by atoms with E-state index in [1.165, 1.54) is 12.1 Å². The van der Waals surface area contributed by atoms with Gasteiger partial charge in [0.2, 0.25) is 0 Å². The van der Waals surface area contributed by atoms with Gasteiger partial charge >= 0.3 is 0 Å². The molecule has 0 spiro atoms. The van der Waals surface area contributed by atoms with Gasteiger partial charge in [-0.05, 0) is 26.2 Å². The monoisotopic (exact) mass is 319 g/mol. The zero-order valence-electron chi connectivity index (χ0n) is 11.6. The molecule has 0 heterocycles. The summed E-state index contributed by atoms with van der Waals surface area (Å²) in [6.07, 6.45) is 0. The number of ether oxygens (including phenoxy) is 1. The van der Waals surface area contributed by atoms with Crippen LogP contribution in [0.2, 0.25) is 10.0 Å². The molecule has 0 saturated carbocycles. The summed E-state index contributed by atoms with van der Waals surface area (Å²) < 4.78 is 5.37. The molecule has 0 radical (unpaired) electrons. The van der Waals surface area contributed by atoms with Crippen LogP contribution in [0.25, 0.3) is 0 Å². The van der Waals surface area contributed by atoms with Crippen LogP contribution < -0.4 is 11.1 Å². The minimum atomic E-state index is -0.258. The van der Waals surface area contributed by atoms with E-state index in [1.54, 1.807) is 0 Å². The quantitative estimate of drug-likeness (QED) is 0.595. The third-order valence-electron chi connectivity index (χ3n) is 2.53. The lowest BCUT2D eigenvalue weighted by Gasteiger charge is -2.11. The number of carbonyl (C=O) groups excluding carboxylic acids is 1. The van der Waals surface area contributed by atoms with Crippen molar-refractivity contribution in [1.29, 1.82) is 0 Å². The number of nitrogen functional groups attached to an aromatic ring is 1. The average molecular weight is 320 g/mol. The molecule has 7 heteroatoms. The van der Waals surface area contributed by atoms with Crippen LogP contribution >= 0.6 is 23.2 Å². The van der Waals surface area contributed by atoms with Gasteiger partial charge in [0, 0.05) is 18.7 Å². The maximum atomic E-state index is 11.9. The Kier molecular flexibility index (Phi) is 7.09. The van der Waals surface area contributed by atoms with Crippen molar-refractivity contribution in [3.8, 4) is 0 Å². The molecule has 1 aromatic carbocycles. The first-order valence-corrected chi connectivity index (χ1v) is 6.92. The number of nitrogens with two attached hydrogens (primary N) is 1. The van der Waals surface area contributed by atoms with Gasteiger partial charge in [0.1, 0.15) is 0 Å². The van der Waals surface area contributed by atoms with E-state index in [1.807, 2.05) is 19.0 Å². The summed E-state index contributed by atoms with van der Waals surface area (Å²) in [6, 6.07) is 2.99. The first-order chi connectivity index (χ1) is 9.41. The molecule has 0 atom stereocenters. The summed E-state index contributed by atoms with van der Waals surface area (Å²) in [5.74, 6) is -0.258. The number of halogens is 2. The van der Waals surface area contributed by atoms with Gasteiger partial charge in [-0.2, -0.15) is 0 Å². The molecule has 1 amide bonds. The van der Waals surface area contributed by atoms with Crippen molar-refractivity contribution >= 4 is 34.8 Å². The highest BCUT2D eigenvalue weighted by Crippen LogP contribution is 2.29. The maximum Gasteiger partial charge on any atom is 0.251 e. The van der Waals surface area contributed by atoms with E-state index in [4.69, 9.17) is 33.7 Å². The zero-order chi connectivity index (χ0) is 15.1. The Balaban J connectivity index is 2.36. The van der Waals surface area contributed by atoms with Gasteiger partial charge in [-0.1, -0.05) is 23.2 Å². The highest BCUT2D eigenvalue weighted by atomic mass is 35.5. The molecule has 0 bridgehead atoms. The normalized spacial score (nSPS) is 10.8. The highest BCUT2D eigenvalue weighted by Gasteiger charge is 2.10. The molecule has 0 aromatic heterocycles. The van der Waals surface area contributed by atoms with Crippen LogP contribution in [0.4, 0.5) is 5.69 Å². The lowest BCUT2D eigenvalue weighted by molar-refractivity contribution is 0.0900. The summed E-state index contributed by atoms with van der Waals surface area (Å²) in [7, 11) is 3.94. The number of carbonyl (C=O) groups is 1. The van der Waals surface area contributed by atoms with Crippen molar-refractivity contribution < 1.29 is 9.53 Å². The van der Waals surface area contributed by atoms with Crippen molar-refractivity contribution in [2.75, 3.05) is 46.1 Å². The Hall–Kier alpha value is -1.01. The molecule has 20 heavy (non-hydrogen) atoms. The van der Waals surface area contributed by atoms with Gasteiger partial charge < -0.3 is 20.7 Å². The Bertz CT molecular complexity index is 444. The van der Waals surface area contributed by atoms with Crippen molar-refractivity contribution in [2.45, 2.75) is 0 Å². The minimum absolute atomic E-state index is 0.258. The number of nitrogens with zero attached hydrogens (tertiary/aromatic N) is 1. The molecule has 0 aliphatic carbocycles. The van der Waals surface area contributed by atoms with E-state index in [0.717, 1.165) is 6.54 Å². The molecule has 1 rings (SSSR count). The fourth-order valence-corrected chi connectivity index (χ4v) is 1.77. The molecule has 3 N–H and O–H groups in total. The second kappa shape index (κ2) is 8.32. The third-order valence-corrected chi connectivity index (χ3v) is 3.35. The molecule has 0 saturated heterocycles. The van der Waals surface area contributed by atoms with Crippen LogP contribution in [-0.2, 0) is 4.74 Å². The smallest absolute Gasteiger partial charge is 0.251 e. The fraction of sp³-hybridized carbons (Fsp3) is 0.462. The Labute approximate surface area is 129 Å². The number of hydrogen-bond donors (Lipinski definition) is 2. The van der Waals surface area contributed by atoms with E-state index < -0.39 is 0 Å². The standard InChI is InChI=1S/C13H19Cl2N3O2/c1-18(2)4-6-20-5-3-17-13(19)9-7-10(14)12(15)11(16)8-9/h7-8H,3-6,16H2,1-2H3,(H,17,19). The molecule has 0 fully saturated rings. The number of anilines is 1. The van der Waals surface area contributed by atoms with E-state index >= 15 is 0 Å². The summed E-state index contributed by atoms with van der Waals surface area (Å²) in [5, 5.41) is 3.25. The van der Waals surface area contributed by atoms with Crippen LogP contribution in [0.5, 0.6) is 0 Å². The highest BCUT2D eigenvalue weighted by molar-refractivity contribution is 6.43. The average Bonchev–Trinajstić information content (AvgIpc) is 2.38. The summed E-state index contributed by atoms with van der Waals surface area (Å²) in [5.41, 5.74) is 6.32. The van der Waals surface area contributed by atoms with E-state index in [2.05, 4.69) is 5.32 Å². The number of rotatable bonds is 7. The molecular formula is C13H19Cl2N3O2. The van der Waals surface area contributed by atoms with E-state index in [0.29, 0.717) is 25.3 Å². The number of amides is 1. The predicted molar refractivity (Wildman–Crippen MR) is 82.6 cm³/mol. The van der Waals surface area contributed by atoms with Gasteiger partial charge in [-0.25, -0.2) is 0 Å². The number of benzene rings is 1. The zero-order valence-corrected chi connectivity index (χ0v) is 13.1. The van der Waals surface area contributed by atoms with E-state index in [9.17, 15) is 4.79 Å². The van der Waals surface area contributed by atoms with Gasteiger partial charge in [0.15, 0.2) is 0 Å². The van der Waals surface area contributed by atoms with Gasteiger partial charge in [0.25, 0.3) is 5.91 Å². The molecule has 0 unspecified atom stereocenters.